The van der Waals surface area contributed by atoms with Crippen LogP contribution < -0.4 is 5.32 Å². The van der Waals surface area contributed by atoms with Crippen molar-refractivity contribution in [3.8, 4) is 0 Å². The van der Waals surface area contributed by atoms with Gasteiger partial charge in [-0.1, -0.05) is 30.3 Å². The van der Waals surface area contributed by atoms with Gasteiger partial charge in [0.25, 0.3) is 5.91 Å². The van der Waals surface area contributed by atoms with Crippen molar-refractivity contribution in [2.24, 2.45) is 11.3 Å². The lowest BCUT2D eigenvalue weighted by atomic mass is 9.81. The lowest BCUT2D eigenvalue weighted by Gasteiger charge is -2.21. The molecule has 0 radical (unpaired) electrons. The largest absolute Gasteiger partial charge is 0.481 e. The molecule has 134 valence electrons. The van der Waals surface area contributed by atoms with Crippen LogP contribution in [0.5, 0.6) is 0 Å². The quantitative estimate of drug-likeness (QED) is 0.816. The molecule has 8 nitrogen and oxygen atoms in total. The smallest absolute Gasteiger partial charge is 0.314 e. The Hall–Kier alpha value is -3.16. The highest BCUT2D eigenvalue weighted by atomic mass is 16.4. The SMILES string of the molecule is O=C1NC[C@@]2(C(=O)O)CN(C(=O)c3cnn(Cc4ccccc4)c3)C[C@@H]12. The van der Waals surface area contributed by atoms with E-state index < -0.39 is 17.3 Å². The molecule has 2 N–H and O–H groups in total. The number of nitrogens with one attached hydrogen (secondary N) is 1. The molecule has 1 aromatic heterocycles. The average Bonchev–Trinajstić information content (AvgIpc) is 3.32. The fourth-order valence-electron chi connectivity index (χ4n) is 3.75. The van der Waals surface area contributed by atoms with Crippen LogP contribution in [0.3, 0.4) is 0 Å². The van der Waals surface area contributed by atoms with E-state index in [1.807, 2.05) is 30.3 Å². The zero-order valence-electron chi connectivity index (χ0n) is 14.0. The van der Waals surface area contributed by atoms with Crippen molar-refractivity contribution >= 4 is 17.8 Å². The molecule has 2 atom stereocenters. The standard InChI is InChI=1S/C18H18N4O4/c23-15-14-9-21(11-18(14,10-19-15)17(25)26)16(24)13-6-20-22(8-13)7-12-4-2-1-3-5-12/h1-6,8,14H,7,9-11H2,(H,19,23)(H,25,26)/t14-,18+/m0/s1. The third kappa shape index (κ3) is 2.54. The maximum atomic E-state index is 12.8. The number of carbonyl (C=O) groups is 3. The van der Waals surface area contributed by atoms with Gasteiger partial charge in [0.2, 0.25) is 5.91 Å². The van der Waals surface area contributed by atoms with E-state index in [9.17, 15) is 19.5 Å². The lowest BCUT2D eigenvalue weighted by molar-refractivity contribution is -0.149. The Bertz CT molecular complexity index is 878. The zero-order chi connectivity index (χ0) is 18.3. The molecule has 1 aromatic carbocycles. The Balaban J connectivity index is 1.51. The van der Waals surface area contributed by atoms with E-state index >= 15 is 0 Å². The van der Waals surface area contributed by atoms with Crippen LogP contribution in [0.4, 0.5) is 0 Å². The number of aromatic nitrogens is 2. The number of hydrogen-bond donors (Lipinski definition) is 2. The van der Waals surface area contributed by atoms with E-state index in [-0.39, 0.29) is 31.4 Å². The van der Waals surface area contributed by atoms with Gasteiger partial charge in [-0.05, 0) is 5.56 Å². The summed E-state index contributed by atoms with van der Waals surface area (Å²) < 4.78 is 1.67. The molecule has 26 heavy (non-hydrogen) atoms. The summed E-state index contributed by atoms with van der Waals surface area (Å²) in [6.45, 7) is 0.733. The molecule has 3 heterocycles. The molecule has 2 aliphatic heterocycles. The van der Waals surface area contributed by atoms with Gasteiger partial charge in [0.1, 0.15) is 5.41 Å². The minimum absolute atomic E-state index is 0.0223. The van der Waals surface area contributed by atoms with E-state index in [1.54, 1.807) is 10.9 Å². The second-order valence-electron chi connectivity index (χ2n) is 6.83. The van der Waals surface area contributed by atoms with Crippen LogP contribution in [0.25, 0.3) is 0 Å². The number of carboxylic acids is 1. The van der Waals surface area contributed by atoms with Crippen LogP contribution >= 0.6 is 0 Å². The van der Waals surface area contributed by atoms with Crippen molar-refractivity contribution in [2.45, 2.75) is 6.54 Å². The van der Waals surface area contributed by atoms with Gasteiger partial charge in [0, 0.05) is 25.8 Å². The van der Waals surface area contributed by atoms with E-state index in [4.69, 9.17) is 0 Å². The average molecular weight is 354 g/mol. The Morgan fingerprint density at radius 3 is 2.77 bits per heavy atom. The Morgan fingerprint density at radius 2 is 2.08 bits per heavy atom. The molecule has 0 unspecified atom stereocenters. The van der Waals surface area contributed by atoms with Crippen LogP contribution in [0.1, 0.15) is 15.9 Å². The lowest BCUT2D eigenvalue weighted by Crippen LogP contribution is -2.41. The van der Waals surface area contributed by atoms with Crippen molar-refractivity contribution in [1.29, 1.82) is 0 Å². The van der Waals surface area contributed by atoms with E-state index in [0.717, 1.165) is 5.56 Å². The molecule has 2 fully saturated rings. The number of carboxylic acid groups (broad SMARTS) is 1. The fourth-order valence-corrected chi connectivity index (χ4v) is 3.75. The van der Waals surface area contributed by atoms with E-state index in [2.05, 4.69) is 10.4 Å². The molecule has 2 aliphatic rings. The molecule has 0 bridgehead atoms. The minimum atomic E-state index is -1.23. The van der Waals surface area contributed by atoms with E-state index in [1.165, 1.54) is 11.1 Å². The second-order valence-corrected chi connectivity index (χ2v) is 6.83. The first kappa shape index (κ1) is 16.3. The van der Waals surface area contributed by atoms with E-state index in [0.29, 0.717) is 12.1 Å². The summed E-state index contributed by atoms with van der Waals surface area (Å²) in [7, 11) is 0. The highest BCUT2D eigenvalue weighted by Crippen LogP contribution is 2.40. The predicted molar refractivity (Wildman–Crippen MR) is 90.2 cm³/mol. The summed E-state index contributed by atoms with van der Waals surface area (Å²) in [5.41, 5.74) is 0.223. The van der Waals surface area contributed by atoms with Crippen molar-refractivity contribution in [2.75, 3.05) is 19.6 Å². The molecule has 0 aliphatic carbocycles. The van der Waals surface area contributed by atoms with Crippen LogP contribution in [0.15, 0.2) is 42.7 Å². The number of likely N-dealkylation sites (tertiary alicyclic amines) is 1. The first-order chi connectivity index (χ1) is 12.5. The summed E-state index contributed by atoms with van der Waals surface area (Å²) in [4.78, 5) is 37.9. The van der Waals surface area contributed by atoms with Gasteiger partial charge in [0.15, 0.2) is 0 Å². The Kier molecular flexibility index (Phi) is 3.75. The number of aliphatic carboxylic acids is 1. The van der Waals surface area contributed by atoms with Gasteiger partial charge in [-0.3, -0.25) is 19.1 Å². The van der Waals surface area contributed by atoms with Crippen LogP contribution in [-0.4, -0.2) is 57.2 Å². The van der Waals surface area contributed by atoms with Gasteiger partial charge in [-0.25, -0.2) is 0 Å². The first-order valence-corrected chi connectivity index (χ1v) is 8.36. The summed E-state index contributed by atoms with van der Waals surface area (Å²) in [5, 5.41) is 16.4. The summed E-state index contributed by atoms with van der Waals surface area (Å²) >= 11 is 0. The van der Waals surface area contributed by atoms with Crippen molar-refractivity contribution in [1.82, 2.24) is 20.0 Å². The number of benzene rings is 1. The number of hydrogen-bond acceptors (Lipinski definition) is 4. The molecular formula is C18H18N4O4. The third-order valence-corrected chi connectivity index (χ3v) is 5.22. The van der Waals surface area contributed by atoms with Gasteiger partial charge >= 0.3 is 5.97 Å². The Morgan fingerprint density at radius 1 is 1.31 bits per heavy atom. The molecule has 2 aromatic rings. The first-order valence-electron chi connectivity index (χ1n) is 8.36. The maximum absolute atomic E-state index is 12.8. The maximum Gasteiger partial charge on any atom is 0.314 e. The topological polar surface area (TPSA) is 105 Å². The monoisotopic (exact) mass is 354 g/mol. The normalized spacial score (nSPS) is 24.4. The highest BCUT2D eigenvalue weighted by molar-refractivity contribution is 5.98. The minimum Gasteiger partial charge on any atom is -0.481 e. The highest BCUT2D eigenvalue weighted by Gasteiger charge is 2.60. The molecule has 0 saturated carbocycles. The Labute approximate surface area is 149 Å². The fraction of sp³-hybridized carbons (Fsp3) is 0.333. The second kappa shape index (κ2) is 5.98. The predicted octanol–water partition coefficient (Wildman–Crippen LogP) is 0.204. The molecule has 8 heteroatoms. The van der Waals surface area contributed by atoms with Crippen LogP contribution in [0.2, 0.25) is 0 Å². The number of carbonyl (C=O) groups excluding carboxylic acids is 2. The number of amides is 2. The van der Waals surface area contributed by atoms with Crippen LogP contribution in [0, 0.1) is 11.3 Å². The third-order valence-electron chi connectivity index (χ3n) is 5.22. The number of fused-ring (bicyclic) bond motifs is 1. The summed E-state index contributed by atoms with van der Waals surface area (Å²) in [5.74, 6) is -2.35. The van der Waals surface area contributed by atoms with Gasteiger partial charge in [-0.2, -0.15) is 5.10 Å². The van der Waals surface area contributed by atoms with Gasteiger partial charge < -0.3 is 15.3 Å². The van der Waals surface area contributed by atoms with Gasteiger partial charge in [-0.15, -0.1) is 0 Å². The molecule has 2 saturated heterocycles. The molecular weight excluding hydrogens is 336 g/mol. The number of nitrogens with zero attached hydrogens (tertiary/aromatic N) is 3. The number of rotatable bonds is 4. The van der Waals surface area contributed by atoms with Gasteiger partial charge in [0.05, 0.1) is 24.2 Å². The zero-order valence-corrected chi connectivity index (χ0v) is 14.0. The van der Waals surface area contributed by atoms with Crippen molar-refractivity contribution < 1.29 is 19.5 Å². The summed E-state index contributed by atoms with van der Waals surface area (Å²) in [6, 6.07) is 9.74. The molecule has 2 amide bonds. The summed E-state index contributed by atoms with van der Waals surface area (Å²) in [6.07, 6.45) is 3.13. The van der Waals surface area contributed by atoms with Crippen molar-refractivity contribution in [3.05, 3.63) is 53.9 Å². The van der Waals surface area contributed by atoms with Crippen LogP contribution in [-0.2, 0) is 16.1 Å². The van der Waals surface area contributed by atoms with Crippen molar-refractivity contribution in [3.63, 3.8) is 0 Å². The molecule has 4 rings (SSSR count). The molecule has 0 spiro atoms.